The van der Waals surface area contributed by atoms with Crippen molar-refractivity contribution < 1.29 is 8.42 Å². The van der Waals surface area contributed by atoms with Gasteiger partial charge in [0.25, 0.3) is 0 Å². The smallest absolute Gasteiger partial charge is 0.175 e. The summed E-state index contributed by atoms with van der Waals surface area (Å²) in [5, 5.41) is 3.20. The summed E-state index contributed by atoms with van der Waals surface area (Å²) in [7, 11) is -3.11. The number of nitrogens with one attached hydrogen (secondary N) is 1. The van der Waals surface area contributed by atoms with Crippen LogP contribution >= 0.6 is 11.3 Å². The molecule has 0 aliphatic carbocycles. The fourth-order valence-corrected chi connectivity index (χ4v) is 2.50. The minimum absolute atomic E-state index is 0.334. The van der Waals surface area contributed by atoms with Crippen molar-refractivity contribution in [2.45, 2.75) is 11.4 Å². The van der Waals surface area contributed by atoms with Crippen LogP contribution in [0.25, 0.3) is 0 Å². The normalized spacial score (nSPS) is 11.4. The minimum Gasteiger partial charge on any atom is -0.380 e. The van der Waals surface area contributed by atoms with Gasteiger partial charge in [0.1, 0.15) is 0 Å². The van der Waals surface area contributed by atoms with E-state index in [2.05, 4.69) is 10.3 Å². The third-order valence-corrected chi connectivity index (χ3v) is 4.14. The molecular weight excluding hydrogens is 256 g/mol. The van der Waals surface area contributed by atoms with Crippen molar-refractivity contribution in [1.29, 1.82) is 0 Å². The zero-order valence-corrected chi connectivity index (χ0v) is 10.9. The van der Waals surface area contributed by atoms with Gasteiger partial charge in [0.15, 0.2) is 9.84 Å². The highest BCUT2D eigenvalue weighted by Gasteiger charge is 2.05. The molecule has 1 N–H and O–H groups in total. The molecule has 0 unspecified atom stereocenters. The van der Waals surface area contributed by atoms with Crippen molar-refractivity contribution in [1.82, 2.24) is 4.98 Å². The van der Waals surface area contributed by atoms with Crippen LogP contribution in [0.2, 0.25) is 0 Å². The highest BCUT2D eigenvalue weighted by Crippen LogP contribution is 2.15. The molecule has 1 aromatic heterocycles. The zero-order chi connectivity index (χ0) is 12.3. The zero-order valence-electron chi connectivity index (χ0n) is 9.25. The highest BCUT2D eigenvalue weighted by atomic mass is 32.2. The Morgan fingerprint density at radius 1 is 1.29 bits per heavy atom. The Morgan fingerprint density at radius 2 is 2.00 bits per heavy atom. The van der Waals surface area contributed by atoms with E-state index in [1.165, 1.54) is 6.26 Å². The Labute approximate surface area is 104 Å². The van der Waals surface area contributed by atoms with E-state index in [1.807, 2.05) is 6.20 Å². The maximum absolute atomic E-state index is 11.3. The Hall–Kier alpha value is -1.40. The first-order valence-electron chi connectivity index (χ1n) is 4.97. The second-order valence-electron chi connectivity index (χ2n) is 3.62. The first-order chi connectivity index (χ1) is 8.05. The maximum atomic E-state index is 11.3. The molecule has 0 radical (unpaired) electrons. The molecule has 0 saturated carbocycles. The SMILES string of the molecule is CS(=O)(=O)c1ccc(NCc2cncs2)cc1. The van der Waals surface area contributed by atoms with Crippen LogP contribution in [0.15, 0.2) is 40.9 Å². The van der Waals surface area contributed by atoms with Gasteiger partial charge in [-0.05, 0) is 24.3 Å². The van der Waals surface area contributed by atoms with Gasteiger partial charge < -0.3 is 5.32 Å². The molecule has 0 saturated heterocycles. The van der Waals surface area contributed by atoms with Crippen LogP contribution in [0.3, 0.4) is 0 Å². The average Bonchev–Trinajstić information content (AvgIpc) is 2.78. The fourth-order valence-electron chi connectivity index (χ4n) is 1.34. The van der Waals surface area contributed by atoms with Gasteiger partial charge in [-0.15, -0.1) is 11.3 Å². The number of thiazole rings is 1. The monoisotopic (exact) mass is 268 g/mol. The van der Waals surface area contributed by atoms with Crippen LogP contribution in [0, 0.1) is 0 Å². The molecule has 6 heteroatoms. The van der Waals surface area contributed by atoms with E-state index in [4.69, 9.17) is 0 Å². The lowest BCUT2D eigenvalue weighted by atomic mass is 10.3. The van der Waals surface area contributed by atoms with E-state index in [9.17, 15) is 8.42 Å². The molecule has 0 aliphatic rings. The first-order valence-corrected chi connectivity index (χ1v) is 7.74. The summed E-state index contributed by atoms with van der Waals surface area (Å²) < 4.78 is 22.5. The van der Waals surface area contributed by atoms with Gasteiger partial charge >= 0.3 is 0 Å². The van der Waals surface area contributed by atoms with Crippen LogP contribution in [0.5, 0.6) is 0 Å². The lowest BCUT2D eigenvalue weighted by Crippen LogP contribution is -1.99. The third-order valence-electron chi connectivity index (χ3n) is 2.23. The molecule has 0 bridgehead atoms. The predicted octanol–water partition coefficient (Wildman–Crippen LogP) is 2.16. The Balaban J connectivity index is 2.04. The minimum atomic E-state index is -3.11. The maximum Gasteiger partial charge on any atom is 0.175 e. The Morgan fingerprint density at radius 3 is 2.53 bits per heavy atom. The summed E-state index contributed by atoms with van der Waals surface area (Å²) in [6, 6.07) is 6.73. The molecule has 4 nitrogen and oxygen atoms in total. The van der Waals surface area contributed by atoms with Gasteiger partial charge in [-0.2, -0.15) is 0 Å². The summed E-state index contributed by atoms with van der Waals surface area (Å²) in [6.07, 6.45) is 3.01. The molecule has 1 aromatic carbocycles. The molecule has 90 valence electrons. The second kappa shape index (κ2) is 4.85. The predicted molar refractivity (Wildman–Crippen MR) is 69.0 cm³/mol. The van der Waals surface area contributed by atoms with Crippen LogP contribution in [0.1, 0.15) is 4.88 Å². The molecule has 2 aromatic rings. The number of rotatable bonds is 4. The largest absolute Gasteiger partial charge is 0.380 e. The molecule has 2 rings (SSSR count). The molecule has 0 atom stereocenters. The van der Waals surface area contributed by atoms with E-state index < -0.39 is 9.84 Å². The van der Waals surface area contributed by atoms with E-state index in [0.717, 1.165) is 10.6 Å². The summed E-state index contributed by atoms with van der Waals surface area (Å²) in [6.45, 7) is 0.697. The van der Waals surface area contributed by atoms with Crippen molar-refractivity contribution in [3.05, 3.63) is 40.8 Å². The van der Waals surface area contributed by atoms with Crippen LogP contribution in [-0.4, -0.2) is 19.7 Å². The van der Waals surface area contributed by atoms with Gasteiger partial charge in [-0.3, -0.25) is 4.98 Å². The van der Waals surface area contributed by atoms with Gasteiger partial charge in [0.05, 0.1) is 17.0 Å². The number of nitrogens with zero attached hydrogens (tertiary/aromatic N) is 1. The average molecular weight is 268 g/mol. The number of hydrogen-bond acceptors (Lipinski definition) is 5. The van der Waals surface area contributed by atoms with Crippen molar-refractivity contribution >= 4 is 26.9 Å². The number of anilines is 1. The Bertz CT molecular complexity index is 574. The van der Waals surface area contributed by atoms with Crippen LogP contribution in [0.4, 0.5) is 5.69 Å². The molecule has 0 aliphatic heterocycles. The number of aromatic nitrogens is 1. The Kier molecular flexibility index (Phi) is 3.44. The lowest BCUT2D eigenvalue weighted by molar-refractivity contribution is 0.602. The lowest BCUT2D eigenvalue weighted by Gasteiger charge is -2.05. The number of benzene rings is 1. The van der Waals surface area contributed by atoms with Crippen molar-refractivity contribution in [3.8, 4) is 0 Å². The summed E-state index contributed by atoms with van der Waals surface area (Å²) in [4.78, 5) is 5.45. The molecule has 0 spiro atoms. The van der Waals surface area contributed by atoms with Crippen molar-refractivity contribution in [2.75, 3.05) is 11.6 Å². The third kappa shape index (κ3) is 3.28. The summed E-state index contributed by atoms with van der Waals surface area (Å²) in [5.74, 6) is 0. The van der Waals surface area contributed by atoms with E-state index in [-0.39, 0.29) is 0 Å². The van der Waals surface area contributed by atoms with Gasteiger partial charge in [0.2, 0.25) is 0 Å². The number of hydrogen-bond donors (Lipinski definition) is 1. The highest BCUT2D eigenvalue weighted by molar-refractivity contribution is 7.90. The molecule has 0 amide bonds. The van der Waals surface area contributed by atoms with E-state index in [1.54, 1.807) is 41.1 Å². The van der Waals surface area contributed by atoms with Crippen molar-refractivity contribution in [2.24, 2.45) is 0 Å². The first kappa shape index (κ1) is 12.1. The topological polar surface area (TPSA) is 59.1 Å². The summed E-state index contributed by atoms with van der Waals surface area (Å²) >= 11 is 1.58. The standard InChI is InChI=1S/C11H12N2O2S2/c1-17(14,15)11-4-2-9(3-5-11)13-7-10-6-12-8-16-10/h2-6,8,13H,7H2,1H3. The van der Waals surface area contributed by atoms with E-state index >= 15 is 0 Å². The summed E-state index contributed by atoms with van der Waals surface area (Å²) in [5.41, 5.74) is 2.68. The van der Waals surface area contributed by atoms with Crippen LogP contribution in [-0.2, 0) is 16.4 Å². The van der Waals surface area contributed by atoms with Gasteiger partial charge in [-0.1, -0.05) is 0 Å². The fraction of sp³-hybridized carbons (Fsp3) is 0.182. The van der Waals surface area contributed by atoms with Crippen molar-refractivity contribution in [3.63, 3.8) is 0 Å². The molecule has 1 heterocycles. The van der Waals surface area contributed by atoms with Gasteiger partial charge in [-0.25, -0.2) is 8.42 Å². The molecule has 17 heavy (non-hydrogen) atoms. The molecular formula is C11H12N2O2S2. The van der Waals surface area contributed by atoms with Crippen LogP contribution < -0.4 is 5.32 Å². The van der Waals surface area contributed by atoms with Gasteiger partial charge in [0, 0.05) is 23.0 Å². The van der Waals surface area contributed by atoms with E-state index in [0.29, 0.717) is 11.4 Å². The molecule has 0 fully saturated rings. The second-order valence-corrected chi connectivity index (χ2v) is 6.60. The number of sulfone groups is 1. The quantitative estimate of drug-likeness (QED) is 0.923.